The minimum absolute atomic E-state index is 0.196. The van der Waals surface area contributed by atoms with Crippen molar-refractivity contribution >= 4 is 26.7 Å². The van der Waals surface area contributed by atoms with Crippen LogP contribution >= 0.6 is 15.9 Å². The first-order valence-electron chi connectivity index (χ1n) is 5.47. The van der Waals surface area contributed by atoms with Crippen LogP contribution < -0.4 is 0 Å². The summed E-state index contributed by atoms with van der Waals surface area (Å²) in [5.74, 6) is -11.1. The first kappa shape index (κ1) is 16.1. The zero-order chi connectivity index (χ0) is 15.7. The molecule has 0 saturated heterocycles. The summed E-state index contributed by atoms with van der Waals surface area (Å²) in [6.07, 6.45) is 0. The maximum atomic E-state index is 13.5. The SMILES string of the molecule is O=S(Cc1c(F)c(F)c(F)c(F)c1F)c1ccccc1Br. The van der Waals surface area contributed by atoms with Crippen molar-refractivity contribution in [1.29, 1.82) is 0 Å². The van der Waals surface area contributed by atoms with Crippen LogP contribution in [0.2, 0.25) is 0 Å². The number of hydrogen-bond donors (Lipinski definition) is 0. The lowest BCUT2D eigenvalue weighted by Gasteiger charge is -2.09. The van der Waals surface area contributed by atoms with Gasteiger partial charge in [0.05, 0.1) is 21.4 Å². The van der Waals surface area contributed by atoms with Crippen molar-refractivity contribution in [2.24, 2.45) is 0 Å². The van der Waals surface area contributed by atoms with Gasteiger partial charge >= 0.3 is 0 Å². The Morgan fingerprint density at radius 3 is 1.86 bits per heavy atom. The molecule has 8 heteroatoms. The summed E-state index contributed by atoms with van der Waals surface area (Å²) >= 11 is 3.10. The van der Waals surface area contributed by atoms with Gasteiger partial charge in [0.1, 0.15) is 0 Å². The van der Waals surface area contributed by atoms with E-state index in [-0.39, 0.29) is 4.90 Å². The highest BCUT2D eigenvalue weighted by atomic mass is 79.9. The highest BCUT2D eigenvalue weighted by Gasteiger charge is 2.27. The van der Waals surface area contributed by atoms with Crippen LogP contribution in [0.4, 0.5) is 22.0 Å². The number of benzene rings is 2. The van der Waals surface area contributed by atoms with E-state index >= 15 is 0 Å². The summed E-state index contributed by atoms with van der Waals surface area (Å²) in [5, 5.41) is 0. The Balaban J connectivity index is 2.46. The average molecular weight is 385 g/mol. The van der Waals surface area contributed by atoms with Gasteiger partial charge in [-0.1, -0.05) is 12.1 Å². The molecule has 1 atom stereocenters. The zero-order valence-electron chi connectivity index (χ0n) is 10.1. The van der Waals surface area contributed by atoms with Crippen LogP contribution in [-0.2, 0) is 16.6 Å². The summed E-state index contributed by atoms with van der Waals surface area (Å²) in [6.45, 7) is 0. The van der Waals surface area contributed by atoms with E-state index in [0.29, 0.717) is 4.47 Å². The lowest BCUT2D eigenvalue weighted by atomic mass is 10.2. The molecule has 0 aliphatic carbocycles. The maximum absolute atomic E-state index is 13.5. The molecule has 2 aromatic rings. The molecule has 0 aliphatic heterocycles. The Hall–Kier alpha value is -1.28. The molecule has 2 aromatic carbocycles. The molecule has 0 N–H and O–H groups in total. The Kier molecular flexibility index (Phi) is 4.77. The molecule has 0 saturated carbocycles. The summed E-state index contributed by atoms with van der Waals surface area (Å²) in [7, 11) is -1.97. The fourth-order valence-corrected chi connectivity index (χ4v) is 3.63. The van der Waals surface area contributed by atoms with Gasteiger partial charge in [0.15, 0.2) is 23.3 Å². The summed E-state index contributed by atoms with van der Waals surface area (Å²) in [6, 6.07) is 6.14. The third kappa shape index (κ3) is 3.01. The Labute approximate surface area is 127 Å². The van der Waals surface area contributed by atoms with Crippen molar-refractivity contribution in [2.45, 2.75) is 10.6 Å². The van der Waals surface area contributed by atoms with Gasteiger partial charge in [-0.3, -0.25) is 4.21 Å². The largest absolute Gasteiger partial charge is 0.254 e. The van der Waals surface area contributed by atoms with Crippen LogP contribution in [0.25, 0.3) is 0 Å². The lowest BCUT2D eigenvalue weighted by molar-refractivity contribution is 0.372. The molecule has 0 bridgehead atoms. The van der Waals surface area contributed by atoms with Crippen molar-refractivity contribution in [1.82, 2.24) is 0 Å². The standard InChI is InChI=1S/C13H6BrF5OS/c14-7-3-1-2-4-8(7)21(20)5-6-9(15)11(17)13(19)12(18)10(6)16/h1-4H,5H2. The Bertz CT molecular complexity index is 706. The van der Waals surface area contributed by atoms with Crippen LogP contribution in [0.1, 0.15) is 5.56 Å². The van der Waals surface area contributed by atoms with Gasteiger partial charge in [-0.05, 0) is 28.1 Å². The van der Waals surface area contributed by atoms with Crippen LogP contribution in [0.5, 0.6) is 0 Å². The van der Waals surface area contributed by atoms with Gasteiger partial charge in [-0.25, -0.2) is 22.0 Å². The van der Waals surface area contributed by atoms with Crippen molar-refractivity contribution in [2.75, 3.05) is 0 Å². The topological polar surface area (TPSA) is 17.1 Å². The van der Waals surface area contributed by atoms with Gasteiger partial charge in [0.25, 0.3) is 0 Å². The third-order valence-corrected chi connectivity index (χ3v) is 5.01. The molecule has 1 nitrogen and oxygen atoms in total. The molecule has 21 heavy (non-hydrogen) atoms. The number of rotatable bonds is 3. The molecular formula is C13H6BrF5OS. The number of hydrogen-bond acceptors (Lipinski definition) is 1. The third-order valence-electron chi connectivity index (χ3n) is 2.66. The van der Waals surface area contributed by atoms with E-state index in [2.05, 4.69) is 15.9 Å². The fraction of sp³-hybridized carbons (Fsp3) is 0.0769. The smallest absolute Gasteiger partial charge is 0.200 e. The molecule has 0 heterocycles. The van der Waals surface area contributed by atoms with E-state index in [1.807, 2.05) is 0 Å². The zero-order valence-corrected chi connectivity index (χ0v) is 12.5. The molecule has 0 spiro atoms. The van der Waals surface area contributed by atoms with E-state index in [0.717, 1.165) is 0 Å². The second kappa shape index (κ2) is 6.23. The summed E-state index contributed by atoms with van der Waals surface area (Å²) in [4.78, 5) is 0.196. The summed E-state index contributed by atoms with van der Waals surface area (Å²) in [5.41, 5.74) is -1.10. The monoisotopic (exact) mass is 384 g/mol. The molecule has 0 aliphatic rings. The number of halogens is 6. The van der Waals surface area contributed by atoms with Crippen molar-refractivity contribution in [3.8, 4) is 0 Å². The van der Waals surface area contributed by atoms with E-state index < -0.39 is 51.2 Å². The molecule has 0 fully saturated rings. The highest BCUT2D eigenvalue weighted by Crippen LogP contribution is 2.27. The second-order valence-corrected chi connectivity index (χ2v) is 6.24. The molecule has 0 amide bonds. The Morgan fingerprint density at radius 2 is 1.33 bits per heavy atom. The highest BCUT2D eigenvalue weighted by molar-refractivity contribution is 9.10. The lowest BCUT2D eigenvalue weighted by Crippen LogP contribution is -2.09. The van der Waals surface area contributed by atoms with Crippen molar-refractivity contribution in [3.63, 3.8) is 0 Å². The van der Waals surface area contributed by atoms with Gasteiger partial charge in [0, 0.05) is 10.0 Å². The van der Waals surface area contributed by atoms with Crippen LogP contribution in [-0.4, -0.2) is 4.21 Å². The van der Waals surface area contributed by atoms with Gasteiger partial charge < -0.3 is 0 Å². The predicted molar refractivity (Wildman–Crippen MR) is 70.5 cm³/mol. The maximum Gasteiger partial charge on any atom is 0.200 e. The van der Waals surface area contributed by atoms with E-state index in [9.17, 15) is 26.2 Å². The van der Waals surface area contributed by atoms with Crippen LogP contribution in [0.3, 0.4) is 0 Å². The fourth-order valence-electron chi connectivity index (χ4n) is 1.62. The van der Waals surface area contributed by atoms with E-state index in [4.69, 9.17) is 0 Å². The van der Waals surface area contributed by atoms with Crippen molar-refractivity contribution < 1.29 is 26.2 Å². The van der Waals surface area contributed by atoms with Gasteiger partial charge in [-0.15, -0.1) is 0 Å². The van der Waals surface area contributed by atoms with E-state index in [1.165, 1.54) is 12.1 Å². The molecule has 0 radical (unpaired) electrons. The summed E-state index contributed by atoms with van der Waals surface area (Å²) < 4.78 is 78.5. The molecule has 2 rings (SSSR count). The predicted octanol–water partition coefficient (Wildman–Crippen LogP) is 4.45. The Morgan fingerprint density at radius 1 is 0.857 bits per heavy atom. The first-order chi connectivity index (χ1) is 9.84. The minimum atomic E-state index is -2.24. The van der Waals surface area contributed by atoms with Gasteiger partial charge in [-0.2, -0.15) is 0 Å². The molecule has 1 unspecified atom stereocenters. The molecular weight excluding hydrogens is 379 g/mol. The average Bonchev–Trinajstić information content (AvgIpc) is 2.48. The van der Waals surface area contributed by atoms with Crippen molar-refractivity contribution in [3.05, 3.63) is 63.4 Å². The second-order valence-electron chi connectivity index (χ2n) is 3.97. The quantitative estimate of drug-likeness (QED) is 0.434. The minimum Gasteiger partial charge on any atom is -0.254 e. The van der Waals surface area contributed by atoms with Crippen LogP contribution in [0.15, 0.2) is 33.6 Å². The van der Waals surface area contributed by atoms with Crippen LogP contribution in [0, 0.1) is 29.1 Å². The van der Waals surface area contributed by atoms with Gasteiger partial charge in [0.2, 0.25) is 5.82 Å². The normalized spacial score (nSPS) is 12.5. The molecule has 0 aromatic heterocycles. The van der Waals surface area contributed by atoms with E-state index in [1.54, 1.807) is 12.1 Å². The first-order valence-corrected chi connectivity index (χ1v) is 7.59. The molecule has 112 valence electrons.